The number of carboxylic acids is 1. The number of benzene rings is 1. The summed E-state index contributed by atoms with van der Waals surface area (Å²) in [5, 5.41) is 8.68. The van der Waals surface area contributed by atoms with Gasteiger partial charge in [0.25, 0.3) is 5.91 Å². The number of furan rings is 1. The fraction of sp³-hybridized carbons (Fsp3) is 0.211. The third kappa shape index (κ3) is 5.09. The van der Waals surface area contributed by atoms with E-state index in [4.69, 9.17) is 21.7 Å². The second kappa shape index (κ2) is 8.86. The van der Waals surface area contributed by atoms with E-state index < -0.39 is 5.97 Å². The lowest BCUT2D eigenvalue weighted by Crippen LogP contribution is -2.29. The van der Waals surface area contributed by atoms with Crippen LogP contribution in [0.1, 0.15) is 25.0 Å². The number of thioether (sulfide) groups is 1. The smallest absolute Gasteiger partial charge is 0.303 e. The lowest BCUT2D eigenvalue weighted by atomic mass is 10.2. The Morgan fingerprint density at radius 3 is 2.67 bits per heavy atom. The first-order valence-electron chi connectivity index (χ1n) is 8.27. The van der Waals surface area contributed by atoms with Gasteiger partial charge in [-0.1, -0.05) is 52.0 Å². The zero-order valence-electron chi connectivity index (χ0n) is 14.2. The molecule has 8 heteroatoms. The van der Waals surface area contributed by atoms with Crippen LogP contribution in [0.3, 0.4) is 0 Å². The van der Waals surface area contributed by atoms with Crippen LogP contribution in [0.15, 0.2) is 50.2 Å². The van der Waals surface area contributed by atoms with E-state index >= 15 is 0 Å². The average molecular weight is 466 g/mol. The molecular weight excluding hydrogens is 450 g/mol. The van der Waals surface area contributed by atoms with Gasteiger partial charge >= 0.3 is 5.97 Å². The largest absolute Gasteiger partial charge is 0.481 e. The Balaban J connectivity index is 1.67. The second-order valence-corrected chi connectivity index (χ2v) is 8.48. The summed E-state index contributed by atoms with van der Waals surface area (Å²) in [6, 6.07) is 11.4. The van der Waals surface area contributed by atoms with Crippen LogP contribution < -0.4 is 0 Å². The minimum Gasteiger partial charge on any atom is -0.481 e. The van der Waals surface area contributed by atoms with Crippen molar-refractivity contribution in [1.29, 1.82) is 0 Å². The highest BCUT2D eigenvalue weighted by Crippen LogP contribution is 2.34. The Bertz CT molecular complexity index is 905. The van der Waals surface area contributed by atoms with Crippen LogP contribution in [0.2, 0.25) is 0 Å². The maximum Gasteiger partial charge on any atom is 0.303 e. The highest BCUT2D eigenvalue weighted by molar-refractivity contribution is 9.10. The molecule has 1 saturated heterocycles. The van der Waals surface area contributed by atoms with Crippen LogP contribution in [0, 0.1) is 0 Å². The molecule has 3 rings (SSSR count). The van der Waals surface area contributed by atoms with Crippen LogP contribution in [0.25, 0.3) is 17.4 Å². The van der Waals surface area contributed by atoms with Crippen molar-refractivity contribution < 1.29 is 19.1 Å². The molecule has 1 aromatic heterocycles. The maximum absolute atomic E-state index is 12.5. The van der Waals surface area contributed by atoms with Gasteiger partial charge in [0.15, 0.2) is 0 Å². The third-order valence-electron chi connectivity index (χ3n) is 3.92. The van der Waals surface area contributed by atoms with Gasteiger partial charge in [0.05, 0.1) is 4.91 Å². The summed E-state index contributed by atoms with van der Waals surface area (Å²) in [5.74, 6) is 0.304. The van der Waals surface area contributed by atoms with Gasteiger partial charge in [-0.25, -0.2) is 0 Å². The van der Waals surface area contributed by atoms with Crippen molar-refractivity contribution in [2.75, 3.05) is 6.54 Å². The fourth-order valence-corrected chi connectivity index (χ4v) is 4.12. The van der Waals surface area contributed by atoms with Gasteiger partial charge in [-0.05, 0) is 37.1 Å². The normalized spacial score (nSPS) is 15.7. The van der Waals surface area contributed by atoms with E-state index in [2.05, 4.69) is 15.9 Å². The molecule has 1 aliphatic heterocycles. The number of carbonyl (C=O) groups is 2. The van der Waals surface area contributed by atoms with Crippen LogP contribution in [0.5, 0.6) is 0 Å². The number of hydrogen-bond donors (Lipinski definition) is 1. The molecule has 0 aliphatic carbocycles. The Morgan fingerprint density at radius 2 is 1.96 bits per heavy atom. The van der Waals surface area contributed by atoms with Crippen LogP contribution in [-0.2, 0) is 9.59 Å². The number of carboxylic acid groups (broad SMARTS) is 1. The van der Waals surface area contributed by atoms with Crippen LogP contribution in [-0.4, -0.2) is 32.7 Å². The van der Waals surface area contributed by atoms with Crippen molar-refractivity contribution in [1.82, 2.24) is 4.90 Å². The minimum atomic E-state index is -0.834. The Kier molecular flexibility index (Phi) is 6.51. The Morgan fingerprint density at radius 1 is 1.22 bits per heavy atom. The van der Waals surface area contributed by atoms with E-state index in [1.165, 1.54) is 16.7 Å². The standard InChI is InChI=1S/C19H16BrNO4S2/c20-13-6-4-12(5-7-13)15-9-8-14(25-15)11-16-18(24)21(19(26)27-16)10-2-1-3-17(22)23/h4-9,11H,1-3,10H2,(H,22,23)/b16-11+. The number of unbranched alkanes of at least 4 members (excludes halogenated alkanes) is 1. The number of amides is 1. The summed E-state index contributed by atoms with van der Waals surface area (Å²) in [7, 11) is 0. The van der Waals surface area contributed by atoms with Gasteiger partial charge in [-0.3, -0.25) is 14.5 Å². The van der Waals surface area contributed by atoms with E-state index in [0.717, 1.165) is 15.8 Å². The monoisotopic (exact) mass is 465 g/mol. The Labute approximate surface area is 174 Å². The molecule has 1 aliphatic rings. The predicted octanol–water partition coefficient (Wildman–Crippen LogP) is 5.17. The number of rotatable bonds is 7. The lowest BCUT2D eigenvalue weighted by Gasteiger charge is -2.13. The number of thiocarbonyl (C=S) groups is 1. The Hall–Kier alpha value is -1.90. The summed E-state index contributed by atoms with van der Waals surface area (Å²) in [5.41, 5.74) is 0.948. The van der Waals surface area contributed by atoms with Crippen LogP contribution >= 0.6 is 39.9 Å². The van der Waals surface area contributed by atoms with E-state index in [0.29, 0.717) is 34.4 Å². The van der Waals surface area contributed by atoms with Crippen molar-refractivity contribution in [3.8, 4) is 11.3 Å². The van der Waals surface area contributed by atoms with Crippen LogP contribution in [0.4, 0.5) is 0 Å². The van der Waals surface area contributed by atoms with Crippen molar-refractivity contribution in [3.05, 3.63) is 51.5 Å². The summed E-state index contributed by atoms with van der Waals surface area (Å²) in [6.07, 6.45) is 2.90. The fourth-order valence-electron chi connectivity index (χ4n) is 2.57. The van der Waals surface area contributed by atoms with Gasteiger partial charge in [0, 0.05) is 29.1 Å². The number of aliphatic carboxylic acids is 1. The maximum atomic E-state index is 12.5. The van der Waals surface area contributed by atoms with Gasteiger partial charge < -0.3 is 9.52 Å². The van der Waals surface area contributed by atoms with Crippen molar-refractivity contribution in [2.45, 2.75) is 19.3 Å². The molecule has 27 heavy (non-hydrogen) atoms. The molecule has 5 nitrogen and oxygen atoms in total. The van der Waals surface area contributed by atoms with E-state index in [1.54, 1.807) is 6.08 Å². The molecule has 0 radical (unpaired) electrons. The summed E-state index contributed by atoms with van der Waals surface area (Å²) in [6.45, 7) is 0.428. The molecule has 2 heterocycles. The number of carbonyl (C=O) groups excluding carboxylic acids is 1. The van der Waals surface area contributed by atoms with Gasteiger partial charge in [-0.15, -0.1) is 0 Å². The highest BCUT2D eigenvalue weighted by Gasteiger charge is 2.31. The first kappa shape index (κ1) is 19.9. The molecule has 1 fully saturated rings. The quantitative estimate of drug-likeness (QED) is 0.345. The van der Waals surface area contributed by atoms with Gasteiger partial charge in [-0.2, -0.15) is 0 Å². The molecule has 1 N–H and O–H groups in total. The summed E-state index contributed by atoms with van der Waals surface area (Å²) in [4.78, 5) is 25.1. The van der Waals surface area contributed by atoms with Gasteiger partial charge in [0.2, 0.25) is 0 Å². The topological polar surface area (TPSA) is 70.8 Å². The third-order valence-corrected chi connectivity index (χ3v) is 5.83. The van der Waals surface area contributed by atoms with E-state index in [-0.39, 0.29) is 12.3 Å². The first-order valence-corrected chi connectivity index (χ1v) is 10.3. The molecule has 1 aromatic carbocycles. The lowest BCUT2D eigenvalue weighted by molar-refractivity contribution is -0.137. The molecule has 2 aromatic rings. The minimum absolute atomic E-state index is 0.0931. The zero-order chi connectivity index (χ0) is 19.4. The summed E-state index contributed by atoms with van der Waals surface area (Å²) < 4.78 is 7.31. The molecule has 0 saturated carbocycles. The predicted molar refractivity (Wildman–Crippen MR) is 113 cm³/mol. The average Bonchev–Trinajstić information content (AvgIpc) is 3.19. The van der Waals surface area contributed by atoms with Crippen molar-refractivity contribution in [2.24, 2.45) is 0 Å². The highest BCUT2D eigenvalue weighted by atomic mass is 79.9. The van der Waals surface area contributed by atoms with Crippen molar-refractivity contribution >= 4 is 62.2 Å². The molecule has 140 valence electrons. The summed E-state index contributed by atoms with van der Waals surface area (Å²) >= 11 is 9.92. The molecule has 1 amide bonds. The molecule has 0 spiro atoms. The number of halogens is 1. The molecule has 0 bridgehead atoms. The van der Waals surface area contributed by atoms with E-state index in [1.807, 2.05) is 36.4 Å². The first-order chi connectivity index (χ1) is 12.9. The number of nitrogens with zero attached hydrogens (tertiary/aromatic N) is 1. The number of hydrogen-bond acceptors (Lipinski definition) is 5. The van der Waals surface area contributed by atoms with Gasteiger partial charge in [0.1, 0.15) is 15.8 Å². The molecule has 0 atom stereocenters. The zero-order valence-corrected chi connectivity index (χ0v) is 17.4. The van der Waals surface area contributed by atoms with E-state index in [9.17, 15) is 9.59 Å². The molecular formula is C19H16BrNO4S2. The second-order valence-electron chi connectivity index (χ2n) is 5.89. The van der Waals surface area contributed by atoms with Crippen molar-refractivity contribution in [3.63, 3.8) is 0 Å². The molecule has 0 unspecified atom stereocenters. The SMILES string of the molecule is O=C(O)CCCCN1C(=O)/C(=C\c2ccc(-c3ccc(Br)cc3)o2)SC1=S.